The van der Waals surface area contributed by atoms with E-state index in [1.165, 1.54) is 19.2 Å². The second-order valence-electron chi connectivity index (χ2n) is 3.75. The number of hydrogen-bond donors (Lipinski definition) is 1. The number of carboxylic acid groups (broad SMARTS) is 1. The van der Waals surface area contributed by atoms with Crippen LogP contribution in [0.2, 0.25) is 0 Å². The van der Waals surface area contributed by atoms with Gasteiger partial charge in [0.2, 0.25) is 0 Å². The fraction of sp³-hybridized carbons (Fsp3) is 0.167. The number of aromatic carboxylic acids is 1. The van der Waals surface area contributed by atoms with Gasteiger partial charge in [0.25, 0.3) is 0 Å². The molecule has 0 spiro atoms. The maximum atomic E-state index is 12.6. The molecule has 0 amide bonds. The third kappa shape index (κ3) is 2.44. The summed E-state index contributed by atoms with van der Waals surface area (Å²) >= 11 is 0. The van der Waals surface area contributed by atoms with Gasteiger partial charge in [-0.25, -0.2) is 9.78 Å². The number of methoxy groups -OCH3 is 1. The van der Waals surface area contributed by atoms with Crippen molar-refractivity contribution in [3.05, 3.63) is 35.5 Å². The van der Waals surface area contributed by atoms with Crippen molar-refractivity contribution in [1.29, 1.82) is 0 Å². The summed E-state index contributed by atoms with van der Waals surface area (Å²) in [7, 11) is 1.24. The predicted molar refractivity (Wildman–Crippen MR) is 60.3 cm³/mol. The molecule has 7 heteroatoms. The Morgan fingerprint density at radius 1 is 1.32 bits per heavy atom. The van der Waals surface area contributed by atoms with Crippen LogP contribution in [0.1, 0.15) is 16.1 Å². The fourth-order valence-corrected chi connectivity index (χ4v) is 1.64. The molecule has 1 heterocycles. The van der Waals surface area contributed by atoms with E-state index in [1.54, 1.807) is 0 Å². The minimum atomic E-state index is -4.56. The van der Waals surface area contributed by atoms with Gasteiger partial charge in [-0.2, -0.15) is 13.2 Å². The molecule has 0 atom stereocenters. The van der Waals surface area contributed by atoms with E-state index in [0.29, 0.717) is 0 Å². The number of fused-ring (bicyclic) bond motifs is 1. The molecular formula is C12H8F3NO3. The third-order valence-electron chi connectivity index (χ3n) is 2.51. The minimum absolute atomic E-state index is 0.0130. The van der Waals surface area contributed by atoms with E-state index in [-0.39, 0.29) is 22.2 Å². The maximum Gasteiger partial charge on any atom is 0.433 e. The Balaban J connectivity index is 2.72. The highest BCUT2D eigenvalue weighted by atomic mass is 19.4. The lowest BCUT2D eigenvalue weighted by molar-refractivity contribution is -0.140. The number of aromatic nitrogens is 1. The Bertz CT molecular complexity index is 652. The van der Waals surface area contributed by atoms with Gasteiger partial charge in [-0.05, 0) is 18.2 Å². The van der Waals surface area contributed by atoms with Gasteiger partial charge in [-0.1, -0.05) is 6.07 Å². The third-order valence-corrected chi connectivity index (χ3v) is 2.51. The maximum absolute atomic E-state index is 12.6. The lowest BCUT2D eigenvalue weighted by Crippen LogP contribution is -2.08. The zero-order valence-corrected chi connectivity index (χ0v) is 9.65. The van der Waals surface area contributed by atoms with Crippen LogP contribution < -0.4 is 4.74 Å². The number of halogens is 3. The molecule has 1 aromatic carbocycles. The Hall–Kier alpha value is -2.31. The standard InChI is InChI=1S/C12H8F3NO3/c1-19-8-5-7(11(17)18)4-6-2-3-9(12(13,14)15)16-10(6)8/h2-5H,1H3,(H,17,18). The molecule has 0 aliphatic rings. The van der Waals surface area contributed by atoms with Gasteiger partial charge in [0.1, 0.15) is 17.0 Å². The number of hydrogen-bond acceptors (Lipinski definition) is 3. The molecule has 100 valence electrons. The average molecular weight is 271 g/mol. The fourth-order valence-electron chi connectivity index (χ4n) is 1.64. The SMILES string of the molecule is COc1cc(C(=O)O)cc2ccc(C(F)(F)F)nc12. The lowest BCUT2D eigenvalue weighted by atomic mass is 10.1. The molecule has 2 aromatic rings. The Labute approximate surface area is 105 Å². The molecule has 0 bridgehead atoms. The van der Waals surface area contributed by atoms with Crippen LogP contribution in [0.15, 0.2) is 24.3 Å². The highest BCUT2D eigenvalue weighted by molar-refractivity contribution is 5.96. The van der Waals surface area contributed by atoms with Crippen molar-refractivity contribution in [3.8, 4) is 5.75 Å². The zero-order chi connectivity index (χ0) is 14.2. The topological polar surface area (TPSA) is 59.4 Å². The number of carboxylic acids is 1. The monoisotopic (exact) mass is 271 g/mol. The molecule has 0 aliphatic carbocycles. The normalized spacial score (nSPS) is 11.6. The first-order valence-corrected chi connectivity index (χ1v) is 5.12. The zero-order valence-electron chi connectivity index (χ0n) is 9.65. The van der Waals surface area contributed by atoms with Gasteiger partial charge in [0, 0.05) is 5.39 Å². The van der Waals surface area contributed by atoms with Gasteiger partial charge >= 0.3 is 12.1 Å². The molecule has 1 aromatic heterocycles. The van der Waals surface area contributed by atoms with Crippen LogP contribution in [-0.4, -0.2) is 23.2 Å². The van der Waals surface area contributed by atoms with E-state index in [0.717, 1.165) is 12.1 Å². The molecule has 0 unspecified atom stereocenters. The summed E-state index contributed by atoms with van der Waals surface area (Å²) in [5, 5.41) is 9.16. The number of benzene rings is 1. The van der Waals surface area contributed by atoms with E-state index in [1.807, 2.05) is 0 Å². The van der Waals surface area contributed by atoms with Gasteiger partial charge < -0.3 is 9.84 Å². The van der Waals surface area contributed by atoms with Crippen LogP contribution in [0, 0.1) is 0 Å². The minimum Gasteiger partial charge on any atom is -0.494 e. The van der Waals surface area contributed by atoms with Crippen LogP contribution in [0.4, 0.5) is 13.2 Å². The van der Waals surface area contributed by atoms with Gasteiger partial charge in [0.15, 0.2) is 0 Å². The molecule has 1 N–H and O–H groups in total. The largest absolute Gasteiger partial charge is 0.494 e. The molecule has 2 rings (SSSR count). The first kappa shape index (κ1) is 13.1. The van der Waals surface area contributed by atoms with Crippen molar-refractivity contribution in [2.75, 3.05) is 7.11 Å². The molecule has 0 saturated carbocycles. The quantitative estimate of drug-likeness (QED) is 0.912. The second-order valence-corrected chi connectivity index (χ2v) is 3.75. The van der Waals surface area contributed by atoms with Crippen LogP contribution in [0.5, 0.6) is 5.75 Å². The van der Waals surface area contributed by atoms with Crippen molar-refractivity contribution in [3.63, 3.8) is 0 Å². The molecule has 4 nitrogen and oxygen atoms in total. The average Bonchev–Trinajstić information content (AvgIpc) is 2.35. The van der Waals surface area contributed by atoms with Gasteiger partial charge in [-0.3, -0.25) is 0 Å². The molecule has 0 fully saturated rings. The van der Waals surface area contributed by atoms with Crippen molar-refractivity contribution in [2.45, 2.75) is 6.18 Å². The van der Waals surface area contributed by atoms with Crippen LogP contribution in [-0.2, 0) is 6.18 Å². The van der Waals surface area contributed by atoms with Gasteiger partial charge in [-0.15, -0.1) is 0 Å². The number of carbonyl (C=O) groups is 1. The Morgan fingerprint density at radius 2 is 2.00 bits per heavy atom. The molecule has 0 radical (unpaired) electrons. The van der Waals surface area contributed by atoms with E-state index in [9.17, 15) is 18.0 Å². The number of ether oxygens (including phenoxy) is 1. The number of alkyl halides is 3. The number of nitrogens with zero attached hydrogens (tertiary/aromatic N) is 1. The first-order chi connectivity index (χ1) is 8.82. The van der Waals surface area contributed by atoms with E-state index in [4.69, 9.17) is 9.84 Å². The van der Waals surface area contributed by atoms with Crippen molar-refractivity contribution in [1.82, 2.24) is 4.98 Å². The Morgan fingerprint density at radius 3 is 2.53 bits per heavy atom. The summed E-state index contributed by atoms with van der Waals surface area (Å²) in [6.45, 7) is 0. The summed E-state index contributed by atoms with van der Waals surface area (Å²) in [4.78, 5) is 14.4. The number of pyridine rings is 1. The highest BCUT2D eigenvalue weighted by Gasteiger charge is 2.32. The lowest BCUT2D eigenvalue weighted by Gasteiger charge is -2.10. The summed E-state index contributed by atoms with van der Waals surface area (Å²) in [5.41, 5.74) is -1.16. The van der Waals surface area contributed by atoms with Crippen LogP contribution in [0.3, 0.4) is 0 Å². The molecule has 0 aliphatic heterocycles. The van der Waals surface area contributed by atoms with Crippen molar-refractivity contribution in [2.24, 2.45) is 0 Å². The molecule has 19 heavy (non-hydrogen) atoms. The van der Waals surface area contributed by atoms with E-state index >= 15 is 0 Å². The van der Waals surface area contributed by atoms with Crippen molar-refractivity contribution >= 4 is 16.9 Å². The molecular weight excluding hydrogens is 263 g/mol. The molecule has 0 saturated heterocycles. The second kappa shape index (κ2) is 4.42. The van der Waals surface area contributed by atoms with Crippen LogP contribution >= 0.6 is 0 Å². The Kier molecular flexibility index (Phi) is 3.05. The number of rotatable bonds is 2. The summed E-state index contributed by atoms with van der Waals surface area (Å²) in [5.74, 6) is -1.21. The summed E-state index contributed by atoms with van der Waals surface area (Å²) in [6.07, 6.45) is -4.56. The highest BCUT2D eigenvalue weighted by Crippen LogP contribution is 2.32. The summed E-state index contributed by atoms with van der Waals surface area (Å²) < 4.78 is 42.6. The van der Waals surface area contributed by atoms with E-state index < -0.39 is 17.8 Å². The van der Waals surface area contributed by atoms with Gasteiger partial charge in [0.05, 0.1) is 12.7 Å². The van der Waals surface area contributed by atoms with Crippen molar-refractivity contribution < 1.29 is 27.8 Å². The smallest absolute Gasteiger partial charge is 0.433 e. The van der Waals surface area contributed by atoms with E-state index in [2.05, 4.69) is 4.98 Å². The first-order valence-electron chi connectivity index (χ1n) is 5.12. The predicted octanol–water partition coefficient (Wildman–Crippen LogP) is 2.96. The summed E-state index contributed by atoms with van der Waals surface area (Å²) in [6, 6.07) is 4.35. The van der Waals surface area contributed by atoms with Crippen LogP contribution in [0.25, 0.3) is 10.9 Å².